The standard InChI is InChI=1S/C20H19F3N4O3/c21-20(22,23)12-3-8-18(24-11-12)30-14-6-4-13(5-7-14)25-19(28)16-10-15(26-27-16)17-2-1-9-29-17/h1-3,8-11,13-14H,4-7H2,(H,25,28)(H,26,27). The van der Waals surface area contributed by atoms with Gasteiger partial charge < -0.3 is 14.5 Å². The fourth-order valence-electron chi connectivity index (χ4n) is 3.37. The van der Waals surface area contributed by atoms with E-state index in [1.54, 1.807) is 18.2 Å². The number of carbonyl (C=O) groups excluding carboxylic acids is 1. The fraction of sp³-hybridized carbons (Fsp3) is 0.350. The lowest BCUT2D eigenvalue weighted by Crippen LogP contribution is -2.39. The minimum atomic E-state index is -4.42. The van der Waals surface area contributed by atoms with Crippen LogP contribution in [0.4, 0.5) is 13.2 Å². The van der Waals surface area contributed by atoms with E-state index in [4.69, 9.17) is 9.15 Å². The predicted molar refractivity (Wildman–Crippen MR) is 99.7 cm³/mol. The van der Waals surface area contributed by atoms with Crippen LogP contribution in [0.2, 0.25) is 0 Å². The van der Waals surface area contributed by atoms with Gasteiger partial charge in [-0.25, -0.2) is 4.98 Å². The summed E-state index contributed by atoms with van der Waals surface area (Å²) < 4.78 is 48.7. The molecule has 30 heavy (non-hydrogen) atoms. The maximum absolute atomic E-state index is 12.6. The van der Waals surface area contributed by atoms with Crippen molar-refractivity contribution in [2.24, 2.45) is 0 Å². The normalized spacial score (nSPS) is 19.4. The number of ether oxygens (including phenoxy) is 1. The molecule has 0 spiro atoms. The number of hydrogen-bond donors (Lipinski definition) is 2. The highest BCUT2D eigenvalue weighted by atomic mass is 19.4. The van der Waals surface area contributed by atoms with Crippen LogP contribution in [0.25, 0.3) is 11.5 Å². The van der Waals surface area contributed by atoms with Crippen LogP contribution in [0.1, 0.15) is 41.7 Å². The molecule has 7 nitrogen and oxygen atoms in total. The summed E-state index contributed by atoms with van der Waals surface area (Å²) >= 11 is 0. The molecule has 1 aliphatic rings. The molecule has 1 fully saturated rings. The van der Waals surface area contributed by atoms with Gasteiger partial charge in [0.15, 0.2) is 11.5 Å². The molecule has 4 rings (SSSR count). The first kappa shape index (κ1) is 20.0. The summed E-state index contributed by atoms with van der Waals surface area (Å²) in [5.41, 5.74) is 0.0786. The van der Waals surface area contributed by atoms with E-state index in [0.717, 1.165) is 12.3 Å². The highest BCUT2D eigenvalue weighted by molar-refractivity contribution is 5.93. The molecule has 0 atom stereocenters. The zero-order valence-corrected chi connectivity index (χ0v) is 15.8. The monoisotopic (exact) mass is 420 g/mol. The number of halogens is 3. The van der Waals surface area contributed by atoms with Gasteiger partial charge in [-0.1, -0.05) is 0 Å². The summed E-state index contributed by atoms with van der Waals surface area (Å²) in [6.45, 7) is 0. The number of H-pyrrole nitrogens is 1. The molecule has 0 saturated heterocycles. The molecule has 0 aromatic carbocycles. The van der Waals surface area contributed by atoms with Crippen LogP contribution >= 0.6 is 0 Å². The van der Waals surface area contributed by atoms with Crippen molar-refractivity contribution < 1.29 is 27.1 Å². The Morgan fingerprint density at radius 3 is 2.63 bits per heavy atom. The van der Waals surface area contributed by atoms with Gasteiger partial charge in [-0.05, 0) is 43.9 Å². The highest BCUT2D eigenvalue weighted by Crippen LogP contribution is 2.30. The van der Waals surface area contributed by atoms with Gasteiger partial charge in [0.05, 0.1) is 11.8 Å². The van der Waals surface area contributed by atoms with Crippen LogP contribution in [-0.4, -0.2) is 33.2 Å². The lowest BCUT2D eigenvalue weighted by molar-refractivity contribution is -0.137. The lowest BCUT2D eigenvalue weighted by atomic mass is 9.93. The van der Waals surface area contributed by atoms with Gasteiger partial charge in [0.25, 0.3) is 5.91 Å². The molecule has 3 aromatic rings. The van der Waals surface area contributed by atoms with Crippen molar-refractivity contribution in [3.8, 4) is 17.3 Å². The number of aromatic amines is 1. The Hall–Kier alpha value is -3.30. The first-order chi connectivity index (χ1) is 14.4. The zero-order valence-electron chi connectivity index (χ0n) is 15.8. The first-order valence-corrected chi connectivity index (χ1v) is 9.48. The second-order valence-electron chi connectivity index (χ2n) is 7.09. The van der Waals surface area contributed by atoms with Crippen molar-refractivity contribution in [2.45, 2.75) is 44.0 Å². The van der Waals surface area contributed by atoms with Crippen molar-refractivity contribution in [1.82, 2.24) is 20.5 Å². The molecule has 1 amide bonds. The molecule has 3 aromatic heterocycles. The van der Waals surface area contributed by atoms with Gasteiger partial charge in [-0.2, -0.15) is 18.3 Å². The Morgan fingerprint density at radius 2 is 2.00 bits per heavy atom. The van der Waals surface area contributed by atoms with Gasteiger partial charge in [0.2, 0.25) is 5.88 Å². The number of pyridine rings is 1. The van der Waals surface area contributed by atoms with Crippen LogP contribution < -0.4 is 10.1 Å². The molecule has 0 aliphatic heterocycles. The van der Waals surface area contributed by atoms with Gasteiger partial charge in [-0.3, -0.25) is 9.89 Å². The highest BCUT2D eigenvalue weighted by Gasteiger charge is 2.31. The molecule has 0 bridgehead atoms. The van der Waals surface area contributed by atoms with Crippen molar-refractivity contribution in [3.63, 3.8) is 0 Å². The Balaban J connectivity index is 1.26. The number of hydrogen-bond acceptors (Lipinski definition) is 5. The van der Waals surface area contributed by atoms with Crippen LogP contribution in [0.15, 0.2) is 47.2 Å². The summed E-state index contributed by atoms with van der Waals surface area (Å²) in [4.78, 5) is 16.2. The molecular weight excluding hydrogens is 401 g/mol. The number of aromatic nitrogens is 3. The van der Waals surface area contributed by atoms with Crippen LogP contribution in [0.5, 0.6) is 5.88 Å². The predicted octanol–water partition coefficient (Wildman–Crippen LogP) is 4.20. The lowest BCUT2D eigenvalue weighted by Gasteiger charge is -2.29. The molecule has 1 aliphatic carbocycles. The SMILES string of the molecule is O=C(NC1CCC(Oc2ccc(C(F)(F)F)cn2)CC1)c1cc(-c2ccco2)[nH]n1. The van der Waals surface area contributed by atoms with Crippen molar-refractivity contribution in [3.05, 3.63) is 54.0 Å². The molecule has 3 heterocycles. The van der Waals surface area contributed by atoms with Gasteiger partial charge in [0, 0.05) is 24.4 Å². The maximum atomic E-state index is 12.6. The maximum Gasteiger partial charge on any atom is 0.417 e. The van der Waals surface area contributed by atoms with Crippen molar-refractivity contribution in [1.29, 1.82) is 0 Å². The van der Waals surface area contributed by atoms with Crippen molar-refractivity contribution >= 4 is 5.91 Å². The molecule has 1 saturated carbocycles. The number of nitrogens with one attached hydrogen (secondary N) is 2. The van der Waals surface area contributed by atoms with E-state index in [0.29, 0.717) is 37.1 Å². The average molecular weight is 420 g/mol. The summed E-state index contributed by atoms with van der Waals surface area (Å²) in [6, 6.07) is 7.29. The number of amides is 1. The minimum absolute atomic E-state index is 0.0262. The summed E-state index contributed by atoms with van der Waals surface area (Å²) in [7, 11) is 0. The topological polar surface area (TPSA) is 93.0 Å². The number of nitrogens with zero attached hydrogens (tertiary/aromatic N) is 2. The first-order valence-electron chi connectivity index (χ1n) is 9.48. The molecule has 10 heteroatoms. The molecular formula is C20H19F3N4O3. The van der Waals surface area contributed by atoms with Gasteiger partial charge >= 0.3 is 6.18 Å². The van der Waals surface area contributed by atoms with E-state index in [-0.39, 0.29) is 29.6 Å². The summed E-state index contributed by atoms with van der Waals surface area (Å²) in [5, 5.41) is 9.75. The number of alkyl halides is 3. The average Bonchev–Trinajstić information content (AvgIpc) is 3.41. The van der Waals surface area contributed by atoms with Crippen LogP contribution in [-0.2, 0) is 6.18 Å². The van der Waals surface area contributed by atoms with E-state index < -0.39 is 11.7 Å². The quantitative estimate of drug-likeness (QED) is 0.645. The summed E-state index contributed by atoms with van der Waals surface area (Å²) in [6.07, 6.45) is 0.419. The third-order valence-electron chi connectivity index (χ3n) is 4.96. The second-order valence-corrected chi connectivity index (χ2v) is 7.09. The fourth-order valence-corrected chi connectivity index (χ4v) is 3.37. The van der Waals surface area contributed by atoms with E-state index in [1.807, 2.05) is 0 Å². The Bertz CT molecular complexity index is 976. The van der Waals surface area contributed by atoms with Crippen molar-refractivity contribution in [2.75, 3.05) is 0 Å². The van der Waals surface area contributed by atoms with Gasteiger partial charge in [0.1, 0.15) is 11.8 Å². The molecule has 2 N–H and O–H groups in total. The van der Waals surface area contributed by atoms with E-state index in [2.05, 4.69) is 20.5 Å². The number of rotatable bonds is 5. The third-order valence-corrected chi connectivity index (χ3v) is 4.96. The smallest absolute Gasteiger partial charge is 0.417 e. The number of furan rings is 1. The second kappa shape index (κ2) is 8.21. The van der Waals surface area contributed by atoms with E-state index >= 15 is 0 Å². The zero-order chi connectivity index (χ0) is 21.1. The number of carbonyl (C=O) groups is 1. The Labute approximate surface area is 169 Å². The largest absolute Gasteiger partial charge is 0.474 e. The van der Waals surface area contributed by atoms with Crippen LogP contribution in [0, 0.1) is 0 Å². The summed E-state index contributed by atoms with van der Waals surface area (Å²) in [5.74, 6) is 0.478. The van der Waals surface area contributed by atoms with Gasteiger partial charge in [-0.15, -0.1) is 0 Å². The molecule has 0 unspecified atom stereocenters. The van der Waals surface area contributed by atoms with E-state index in [9.17, 15) is 18.0 Å². The van der Waals surface area contributed by atoms with E-state index in [1.165, 1.54) is 12.3 Å². The third kappa shape index (κ3) is 4.64. The Kier molecular flexibility index (Phi) is 5.47. The Morgan fingerprint density at radius 1 is 1.20 bits per heavy atom. The van der Waals surface area contributed by atoms with Crippen LogP contribution in [0.3, 0.4) is 0 Å². The minimum Gasteiger partial charge on any atom is -0.474 e. The molecule has 158 valence electrons. The molecule has 0 radical (unpaired) electrons.